The van der Waals surface area contributed by atoms with Crippen molar-refractivity contribution in [2.45, 2.75) is 12.8 Å². The van der Waals surface area contributed by atoms with Crippen LogP contribution in [0.1, 0.15) is 21.7 Å². The number of amides is 2. The van der Waals surface area contributed by atoms with Crippen molar-refractivity contribution in [3.63, 3.8) is 0 Å². The van der Waals surface area contributed by atoms with Gasteiger partial charge >= 0.3 is 0 Å². The lowest BCUT2D eigenvalue weighted by Gasteiger charge is -2.22. The molecule has 3 heterocycles. The Balaban J connectivity index is 1.36. The lowest BCUT2D eigenvalue weighted by atomic mass is 10.1. The molecule has 2 aliphatic heterocycles. The van der Waals surface area contributed by atoms with Crippen molar-refractivity contribution in [1.29, 1.82) is 0 Å². The van der Waals surface area contributed by atoms with E-state index < -0.39 is 0 Å². The number of nitrogens with zero attached hydrogens (tertiary/aromatic N) is 2. The summed E-state index contributed by atoms with van der Waals surface area (Å²) < 4.78 is 10.7. The first-order chi connectivity index (χ1) is 12.7. The van der Waals surface area contributed by atoms with Crippen LogP contribution in [0.15, 0.2) is 35.7 Å². The first-order valence-electron chi connectivity index (χ1n) is 8.70. The Labute approximate surface area is 155 Å². The summed E-state index contributed by atoms with van der Waals surface area (Å²) in [6.45, 7) is 2.74. The number of hydrogen-bond acceptors (Lipinski definition) is 5. The van der Waals surface area contributed by atoms with E-state index in [-0.39, 0.29) is 18.6 Å². The summed E-state index contributed by atoms with van der Waals surface area (Å²) >= 11 is 1.46. The van der Waals surface area contributed by atoms with Gasteiger partial charge in [0, 0.05) is 26.2 Å². The molecule has 2 aliphatic rings. The molecule has 1 aromatic carbocycles. The zero-order valence-corrected chi connectivity index (χ0v) is 15.2. The Morgan fingerprint density at radius 2 is 1.81 bits per heavy atom. The first-order valence-corrected chi connectivity index (χ1v) is 9.58. The number of ether oxygens (including phenoxy) is 2. The van der Waals surface area contributed by atoms with Crippen LogP contribution in [0.4, 0.5) is 0 Å². The van der Waals surface area contributed by atoms with Gasteiger partial charge in [-0.2, -0.15) is 0 Å². The van der Waals surface area contributed by atoms with E-state index >= 15 is 0 Å². The summed E-state index contributed by atoms with van der Waals surface area (Å²) in [5, 5.41) is 1.91. The topological polar surface area (TPSA) is 59.1 Å². The van der Waals surface area contributed by atoms with Crippen molar-refractivity contribution in [1.82, 2.24) is 9.80 Å². The van der Waals surface area contributed by atoms with E-state index in [4.69, 9.17) is 9.47 Å². The van der Waals surface area contributed by atoms with Crippen LogP contribution < -0.4 is 9.47 Å². The number of hydrogen-bond donors (Lipinski definition) is 0. The van der Waals surface area contributed by atoms with Gasteiger partial charge in [-0.3, -0.25) is 9.59 Å². The van der Waals surface area contributed by atoms with Gasteiger partial charge in [-0.25, -0.2) is 0 Å². The van der Waals surface area contributed by atoms with Crippen LogP contribution in [0, 0.1) is 0 Å². The van der Waals surface area contributed by atoms with E-state index in [1.165, 1.54) is 11.3 Å². The highest BCUT2D eigenvalue weighted by Crippen LogP contribution is 2.32. The highest BCUT2D eigenvalue weighted by Gasteiger charge is 2.24. The Morgan fingerprint density at radius 1 is 1.00 bits per heavy atom. The first kappa shape index (κ1) is 16.9. The van der Waals surface area contributed by atoms with Crippen molar-refractivity contribution >= 4 is 23.2 Å². The molecule has 0 aliphatic carbocycles. The fourth-order valence-corrected chi connectivity index (χ4v) is 3.95. The normalized spacial score (nSPS) is 16.5. The third-order valence-electron chi connectivity index (χ3n) is 4.66. The Morgan fingerprint density at radius 3 is 2.65 bits per heavy atom. The highest BCUT2D eigenvalue weighted by atomic mass is 32.1. The van der Waals surface area contributed by atoms with Crippen molar-refractivity contribution in [2.24, 2.45) is 0 Å². The van der Waals surface area contributed by atoms with Gasteiger partial charge < -0.3 is 19.3 Å². The van der Waals surface area contributed by atoms with Gasteiger partial charge in [0.2, 0.25) is 12.7 Å². The fourth-order valence-electron chi connectivity index (χ4n) is 3.26. The molecule has 2 aromatic rings. The summed E-state index contributed by atoms with van der Waals surface area (Å²) in [5.74, 6) is 1.55. The Bertz CT molecular complexity index is 806. The van der Waals surface area contributed by atoms with E-state index in [0.29, 0.717) is 38.3 Å². The largest absolute Gasteiger partial charge is 0.454 e. The van der Waals surface area contributed by atoms with Crippen molar-refractivity contribution in [3.8, 4) is 11.5 Å². The molecule has 4 rings (SSSR count). The average Bonchev–Trinajstić information content (AvgIpc) is 3.28. The zero-order chi connectivity index (χ0) is 17.9. The maximum absolute atomic E-state index is 12.7. The number of carbonyl (C=O) groups is 2. The van der Waals surface area contributed by atoms with Gasteiger partial charge in [-0.05, 0) is 35.6 Å². The van der Waals surface area contributed by atoms with E-state index in [2.05, 4.69) is 0 Å². The van der Waals surface area contributed by atoms with Gasteiger partial charge in [-0.15, -0.1) is 11.3 Å². The van der Waals surface area contributed by atoms with Crippen molar-refractivity contribution < 1.29 is 19.1 Å². The molecule has 26 heavy (non-hydrogen) atoms. The van der Waals surface area contributed by atoms with E-state index in [9.17, 15) is 9.59 Å². The van der Waals surface area contributed by atoms with Gasteiger partial charge in [-0.1, -0.05) is 12.1 Å². The molecule has 0 unspecified atom stereocenters. The van der Waals surface area contributed by atoms with Crippen LogP contribution >= 0.6 is 11.3 Å². The Hall–Kier alpha value is -2.54. The second kappa shape index (κ2) is 7.37. The summed E-state index contributed by atoms with van der Waals surface area (Å²) in [7, 11) is 0. The van der Waals surface area contributed by atoms with Gasteiger partial charge in [0.1, 0.15) is 0 Å². The Kier molecular flexibility index (Phi) is 4.79. The van der Waals surface area contributed by atoms with Crippen molar-refractivity contribution in [2.75, 3.05) is 33.0 Å². The minimum atomic E-state index is 0.0602. The lowest BCUT2D eigenvalue weighted by molar-refractivity contribution is -0.130. The minimum absolute atomic E-state index is 0.0602. The molecule has 1 saturated heterocycles. The quantitative estimate of drug-likeness (QED) is 0.830. The smallest absolute Gasteiger partial charge is 0.263 e. The molecule has 0 bridgehead atoms. The number of fused-ring (bicyclic) bond motifs is 1. The molecular formula is C19H20N2O4S. The molecule has 1 fully saturated rings. The fraction of sp³-hybridized carbons (Fsp3) is 0.368. The lowest BCUT2D eigenvalue weighted by Crippen LogP contribution is -2.37. The summed E-state index contributed by atoms with van der Waals surface area (Å²) in [6, 6.07) is 9.34. The number of rotatable bonds is 3. The van der Waals surface area contributed by atoms with E-state index in [0.717, 1.165) is 22.6 Å². The molecule has 6 nitrogen and oxygen atoms in total. The van der Waals surface area contributed by atoms with Crippen LogP contribution in [0.3, 0.4) is 0 Å². The third-order valence-corrected chi connectivity index (χ3v) is 5.52. The van der Waals surface area contributed by atoms with Gasteiger partial charge in [0.15, 0.2) is 11.5 Å². The molecule has 0 saturated carbocycles. The summed E-state index contributed by atoms with van der Waals surface area (Å²) in [5.41, 5.74) is 0.912. The predicted octanol–water partition coefficient (Wildman–Crippen LogP) is 2.39. The molecule has 136 valence electrons. The van der Waals surface area contributed by atoms with Crippen LogP contribution in [0.5, 0.6) is 11.5 Å². The van der Waals surface area contributed by atoms with Gasteiger partial charge in [0.25, 0.3) is 5.91 Å². The average molecular weight is 372 g/mol. The van der Waals surface area contributed by atoms with E-state index in [1.54, 1.807) is 0 Å². The maximum Gasteiger partial charge on any atom is 0.263 e. The van der Waals surface area contributed by atoms with Crippen LogP contribution in [0.2, 0.25) is 0 Å². The SMILES string of the molecule is O=C(Cc1ccc2c(c1)OCO2)N1CCCN(C(=O)c2cccs2)CC1. The molecule has 0 atom stereocenters. The van der Waals surface area contributed by atoms with Crippen LogP contribution in [0.25, 0.3) is 0 Å². The second-order valence-electron chi connectivity index (χ2n) is 6.37. The predicted molar refractivity (Wildman–Crippen MR) is 97.7 cm³/mol. The number of benzene rings is 1. The van der Waals surface area contributed by atoms with E-state index in [1.807, 2.05) is 45.5 Å². The third kappa shape index (κ3) is 3.53. The van der Waals surface area contributed by atoms with Crippen LogP contribution in [-0.2, 0) is 11.2 Å². The minimum Gasteiger partial charge on any atom is -0.454 e. The van der Waals surface area contributed by atoms with Crippen molar-refractivity contribution in [3.05, 3.63) is 46.2 Å². The van der Waals surface area contributed by atoms with Crippen LogP contribution in [-0.4, -0.2) is 54.6 Å². The molecule has 0 radical (unpaired) electrons. The van der Waals surface area contributed by atoms with Gasteiger partial charge in [0.05, 0.1) is 11.3 Å². The monoisotopic (exact) mass is 372 g/mol. The molecule has 2 amide bonds. The molecular weight excluding hydrogens is 352 g/mol. The molecule has 0 spiro atoms. The highest BCUT2D eigenvalue weighted by molar-refractivity contribution is 7.12. The number of thiophene rings is 1. The second-order valence-corrected chi connectivity index (χ2v) is 7.32. The maximum atomic E-state index is 12.7. The molecule has 1 aromatic heterocycles. The standard InChI is InChI=1S/C19H20N2O4S/c22-18(12-14-4-5-15-16(11-14)25-13-24-15)20-6-2-7-21(9-8-20)19(23)17-3-1-10-26-17/h1,3-5,10-11H,2,6-9,12-13H2. The molecule has 0 N–H and O–H groups in total. The molecule has 7 heteroatoms. The number of carbonyl (C=O) groups excluding carboxylic acids is 2. The summed E-state index contributed by atoms with van der Waals surface area (Å²) in [6.07, 6.45) is 1.12. The summed E-state index contributed by atoms with van der Waals surface area (Å²) in [4.78, 5) is 29.6. The zero-order valence-electron chi connectivity index (χ0n) is 14.3.